The molecule has 5 nitrogen and oxygen atoms in total. The number of benzene rings is 1. The van der Waals surface area contributed by atoms with E-state index < -0.39 is 0 Å². The average Bonchev–Trinajstić information content (AvgIpc) is 2.52. The second-order valence-corrected chi connectivity index (χ2v) is 5.74. The van der Waals surface area contributed by atoms with Gasteiger partial charge in [0.05, 0.1) is 4.92 Å². The summed E-state index contributed by atoms with van der Waals surface area (Å²) in [5.41, 5.74) is 1.33. The minimum absolute atomic E-state index is 0.165. The van der Waals surface area contributed by atoms with Crippen molar-refractivity contribution in [3.8, 4) is 0 Å². The number of nitrogens with one attached hydrogen (secondary N) is 1. The van der Waals surface area contributed by atoms with E-state index in [0.717, 1.165) is 38.9 Å². The summed E-state index contributed by atoms with van der Waals surface area (Å²) in [5.74, 6) is 0. The van der Waals surface area contributed by atoms with E-state index in [0.29, 0.717) is 12.1 Å². The highest BCUT2D eigenvalue weighted by atomic mass is 16.6. The maximum absolute atomic E-state index is 10.7. The number of nitro groups is 1. The molecule has 2 rings (SSSR count). The average molecular weight is 291 g/mol. The lowest BCUT2D eigenvalue weighted by Crippen LogP contribution is -2.56. The van der Waals surface area contributed by atoms with Crippen LogP contribution in [0.3, 0.4) is 0 Å². The first kappa shape index (κ1) is 15.9. The van der Waals surface area contributed by atoms with E-state index in [-0.39, 0.29) is 10.6 Å². The molecule has 1 aromatic rings. The van der Waals surface area contributed by atoms with Crippen molar-refractivity contribution in [3.63, 3.8) is 0 Å². The Labute approximate surface area is 126 Å². The zero-order chi connectivity index (χ0) is 15.2. The third-order valence-electron chi connectivity index (χ3n) is 4.41. The summed E-state index contributed by atoms with van der Waals surface area (Å²) in [5, 5.41) is 14.3. The van der Waals surface area contributed by atoms with Crippen molar-refractivity contribution in [1.29, 1.82) is 0 Å². The normalized spacial score (nSPS) is 23.1. The highest BCUT2D eigenvalue weighted by Crippen LogP contribution is 2.15. The van der Waals surface area contributed by atoms with Gasteiger partial charge in [0.25, 0.3) is 5.69 Å². The third-order valence-corrected chi connectivity index (χ3v) is 4.41. The number of hydrogen-bond donors (Lipinski definition) is 1. The first-order valence-corrected chi connectivity index (χ1v) is 7.84. The number of nitro benzene ring substituents is 1. The van der Waals surface area contributed by atoms with Crippen LogP contribution in [-0.2, 0) is 6.42 Å². The minimum Gasteiger partial charge on any atom is -0.311 e. The number of rotatable bonds is 6. The van der Waals surface area contributed by atoms with Crippen molar-refractivity contribution in [3.05, 3.63) is 39.9 Å². The molecule has 2 unspecified atom stereocenters. The Morgan fingerprint density at radius 3 is 2.57 bits per heavy atom. The fourth-order valence-electron chi connectivity index (χ4n) is 2.94. The monoisotopic (exact) mass is 291 g/mol. The topological polar surface area (TPSA) is 58.4 Å². The second-order valence-electron chi connectivity index (χ2n) is 5.74. The van der Waals surface area contributed by atoms with Crippen LogP contribution in [0.15, 0.2) is 24.3 Å². The van der Waals surface area contributed by atoms with Gasteiger partial charge in [0.15, 0.2) is 0 Å². The van der Waals surface area contributed by atoms with Crippen molar-refractivity contribution in [2.45, 2.75) is 45.2 Å². The fraction of sp³-hybridized carbons (Fsp3) is 0.625. The Balaban J connectivity index is 1.92. The summed E-state index contributed by atoms with van der Waals surface area (Å²) in [7, 11) is 0. The number of non-ortho nitro benzene ring substituents is 1. The van der Waals surface area contributed by atoms with Crippen LogP contribution in [0.5, 0.6) is 0 Å². The summed E-state index contributed by atoms with van der Waals surface area (Å²) >= 11 is 0. The fourth-order valence-corrected chi connectivity index (χ4v) is 2.94. The Kier molecular flexibility index (Phi) is 5.70. The van der Waals surface area contributed by atoms with Crippen molar-refractivity contribution in [2.24, 2.45) is 0 Å². The highest BCUT2D eigenvalue weighted by Gasteiger charge is 2.25. The van der Waals surface area contributed by atoms with Crippen LogP contribution in [0.4, 0.5) is 5.69 Å². The van der Waals surface area contributed by atoms with Gasteiger partial charge < -0.3 is 5.32 Å². The van der Waals surface area contributed by atoms with Crippen LogP contribution in [0, 0.1) is 10.1 Å². The molecule has 0 saturated carbocycles. The Morgan fingerprint density at radius 1 is 1.29 bits per heavy atom. The maximum atomic E-state index is 10.7. The van der Waals surface area contributed by atoms with E-state index >= 15 is 0 Å². The molecular weight excluding hydrogens is 266 g/mol. The first-order valence-electron chi connectivity index (χ1n) is 7.84. The molecule has 5 heteroatoms. The molecule has 0 spiro atoms. The van der Waals surface area contributed by atoms with Crippen molar-refractivity contribution < 1.29 is 4.92 Å². The summed E-state index contributed by atoms with van der Waals surface area (Å²) in [6, 6.07) is 8.13. The lowest BCUT2D eigenvalue weighted by Gasteiger charge is -2.40. The van der Waals surface area contributed by atoms with E-state index in [1.54, 1.807) is 12.1 Å². The molecule has 1 saturated heterocycles. The smallest absolute Gasteiger partial charge is 0.269 e. The first-order chi connectivity index (χ1) is 10.1. The summed E-state index contributed by atoms with van der Waals surface area (Å²) in [4.78, 5) is 12.9. The predicted molar refractivity (Wildman–Crippen MR) is 84.5 cm³/mol. The van der Waals surface area contributed by atoms with Gasteiger partial charge in [0.1, 0.15) is 0 Å². The SMILES string of the molecule is CCC1CN(CCc2ccc([N+](=O)[O-])cc2)C(CC)CN1. The van der Waals surface area contributed by atoms with E-state index in [2.05, 4.69) is 24.1 Å². The molecule has 116 valence electrons. The zero-order valence-electron chi connectivity index (χ0n) is 12.9. The van der Waals surface area contributed by atoms with Crippen molar-refractivity contribution in [1.82, 2.24) is 10.2 Å². The molecule has 1 fully saturated rings. The summed E-state index contributed by atoms with van der Waals surface area (Å²) < 4.78 is 0. The van der Waals surface area contributed by atoms with Crippen LogP contribution >= 0.6 is 0 Å². The second kappa shape index (κ2) is 7.52. The summed E-state index contributed by atoms with van der Waals surface area (Å²) in [6.45, 7) is 7.64. The molecule has 0 bridgehead atoms. The molecule has 0 aliphatic carbocycles. The van der Waals surface area contributed by atoms with Gasteiger partial charge in [-0.2, -0.15) is 0 Å². The quantitative estimate of drug-likeness (QED) is 0.646. The molecule has 1 aromatic carbocycles. The van der Waals surface area contributed by atoms with Gasteiger partial charge in [0.2, 0.25) is 0 Å². The molecule has 1 heterocycles. The van der Waals surface area contributed by atoms with E-state index in [1.165, 1.54) is 5.56 Å². The van der Waals surface area contributed by atoms with Gasteiger partial charge in [-0.05, 0) is 24.8 Å². The van der Waals surface area contributed by atoms with Crippen molar-refractivity contribution >= 4 is 5.69 Å². The molecular formula is C16H25N3O2. The minimum atomic E-state index is -0.348. The lowest BCUT2D eigenvalue weighted by molar-refractivity contribution is -0.384. The predicted octanol–water partition coefficient (Wildman–Crippen LogP) is 2.60. The summed E-state index contributed by atoms with van der Waals surface area (Å²) in [6.07, 6.45) is 3.26. The van der Waals surface area contributed by atoms with Crippen LogP contribution in [0.25, 0.3) is 0 Å². The van der Waals surface area contributed by atoms with Gasteiger partial charge in [-0.1, -0.05) is 26.0 Å². The molecule has 0 aromatic heterocycles. The van der Waals surface area contributed by atoms with Gasteiger partial charge in [-0.15, -0.1) is 0 Å². The molecule has 1 aliphatic heterocycles. The van der Waals surface area contributed by atoms with Crippen LogP contribution in [0.1, 0.15) is 32.3 Å². The van der Waals surface area contributed by atoms with Crippen LogP contribution in [0.2, 0.25) is 0 Å². The lowest BCUT2D eigenvalue weighted by atomic mass is 10.0. The zero-order valence-corrected chi connectivity index (χ0v) is 12.9. The van der Waals surface area contributed by atoms with E-state index in [4.69, 9.17) is 0 Å². The highest BCUT2D eigenvalue weighted by molar-refractivity contribution is 5.32. The Bertz CT molecular complexity index is 461. The van der Waals surface area contributed by atoms with Gasteiger partial charge >= 0.3 is 0 Å². The van der Waals surface area contributed by atoms with E-state index in [1.807, 2.05) is 12.1 Å². The van der Waals surface area contributed by atoms with Crippen LogP contribution in [-0.4, -0.2) is 41.5 Å². The number of hydrogen-bond acceptors (Lipinski definition) is 4. The largest absolute Gasteiger partial charge is 0.311 e. The number of nitrogens with zero attached hydrogens (tertiary/aromatic N) is 2. The third kappa shape index (κ3) is 4.25. The van der Waals surface area contributed by atoms with Crippen LogP contribution < -0.4 is 5.32 Å². The van der Waals surface area contributed by atoms with E-state index in [9.17, 15) is 10.1 Å². The molecule has 21 heavy (non-hydrogen) atoms. The van der Waals surface area contributed by atoms with Gasteiger partial charge in [0, 0.05) is 43.9 Å². The maximum Gasteiger partial charge on any atom is 0.269 e. The molecule has 1 aliphatic rings. The van der Waals surface area contributed by atoms with Crippen molar-refractivity contribution in [2.75, 3.05) is 19.6 Å². The standard InChI is InChI=1S/C16H25N3O2/c1-3-14-12-18(15(4-2)11-17-14)10-9-13-5-7-16(8-6-13)19(20)21/h5-8,14-15,17H,3-4,9-12H2,1-2H3. The Hall–Kier alpha value is -1.46. The number of piperazine rings is 1. The van der Waals surface area contributed by atoms with Gasteiger partial charge in [-0.25, -0.2) is 0 Å². The Morgan fingerprint density at radius 2 is 2.00 bits per heavy atom. The molecule has 0 amide bonds. The van der Waals surface area contributed by atoms with Gasteiger partial charge in [-0.3, -0.25) is 15.0 Å². The molecule has 2 atom stereocenters. The molecule has 1 N–H and O–H groups in total. The molecule has 0 radical (unpaired) electrons.